The van der Waals surface area contributed by atoms with E-state index in [1.165, 1.54) is 0 Å². The highest BCUT2D eigenvalue weighted by atomic mass is 16.1. The van der Waals surface area contributed by atoms with Gasteiger partial charge >= 0.3 is 0 Å². The highest BCUT2D eigenvalue weighted by Crippen LogP contribution is 2.04. The first-order valence-corrected chi connectivity index (χ1v) is 7.69. The summed E-state index contributed by atoms with van der Waals surface area (Å²) in [6.45, 7) is 5.42. The molecule has 0 atom stereocenters. The molecule has 0 bridgehead atoms. The lowest BCUT2D eigenvalue weighted by atomic mass is 10.1. The van der Waals surface area contributed by atoms with Crippen LogP contribution in [0.25, 0.3) is 0 Å². The third kappa shape index (κ3) is 5.10. The van der Waals surface area contributed by atoms with Crippen LogP contribution in [0.5, 0.6) is 0 Å². The molecule has 5 nitrogen and oxygen atoms in total. The van der Waals surface area contributed by atoms with Gasteiger partial charge in [0.2, 0.25) is 0 Å². The third-order valence-electron chi connectivity index (χ3n) is 3.39. The van der Waals surface area contributed by atoms with Crippen molar-refractivity contribution >= 4 is 11.9 Å². The predicted octanol–water partition coefficient (Wildman–Crippen LogP) is 1.66. The maximum absolute atomic E-state index is 11.9. The maximum atomic E-state index is 11.9. The largest absolute Gasteiger partial charge is 0.356 e. The summed E-state index contributed by atoms with van der Waals surface area (Å²) in [7, 11) is 0. The van der Waals surface area contributed by atoms with Gasteiger partial charge in [-0.1, -0.05) is 25.5 Å². The number of nitrogens with one attached hydrogen (secondary N) is 3. The first-order chi connectivity index (χ1) is 10.3. The van der Waals surface area contributed by atoms with Gasteiger partial charge in [-0.25, -0.2) is 0 Å². The Bertz CT molecular complexity index is 482. The molecule has 114 valence electrons. The number of carbonyl (C=O) groups excluding carboxylic acids is 1. The molecule has 0 fully saturated rings. The molecular formula is C16H24N4O. The summed E-state index contributed by atoms with van der Waals surface area (Å²) in [5.74, 6) is 0.865. The van der Waals surface area contributed by atoms with E-state index in [1.807, 2.05) is 24.3 Å². The molecule has 0 saturated carbocycles. The Balaban J connectivity index is 1.81. The summed E-state index contributed by atoms with van der Waals surface area (Å²) in [5, 5.41) is 9.41. The number of carbonyl (C=O) groups is 1. The minimum absolute atomic E-state index is 0.00119. The van der Waals surface area contributed by atoms with E-state index < -0.39 is 0 Å². The Morgan fingerprint density at radius 2 is 2.14 bits per heavy atom. The molecule has 1 heterocycles. The maximum Gasteiger partial charge on any atom is 0.251 e. The summed E-state index contributed by atoms with van der Waals surface area (Å²) < 4.78 is 0. The predicted molar refractivity (Wildman–Crippen MR) is 85.4 cm³/mol. The molecule has 0 aliphatic carbocycles. The van der Waals surface area contributed by atoms with Crippen LogP contribution in [-0.4, -0.2) is 31.5 Å². The van der Waals surface area contributed by atoms with E-state index in [0.717, 1.165) is 50.4 Å². The first kappa shape index (κ1) is 15.4. The fourth-order valence-electron chi connectivity index (χ4n) is 2.09. The van der Waals surface area contributed by atoms with Crippen molar-refractivity contribution in [3.05, 3.63) is 35.4 Å². The Morgan fingerprint density at radius 3 is 2.81 bits per heavy atom. The smallest absolute Gasteiger partial charge is 0.251 e. The summed E-state index contributed by atoms with van der Waals surface area (Å²) in [6.07, 6.45) is 3.19. The molecule has 0 aromatic heterocycles. The van der Waals surface area contributed by atoms with E-state index in [0.29, 0.717) is 12.1 Å². The Morgan fingerprint density at radius 1 is 1.33 bits per heavy atom. The number of rotatable bonds is 6. The SMILES string of the molecule is CCCCNC(=O)c1ccc(CNC2=NCCCN2)cc1. The molecule has 1 aromatic carbocycles. The zero-order chi connectivity index (χ0) is 14.9. The third-order valence-corrected chi connectivity index (χ3v) is 3.39. The summed E-state index contributed by atoms with van der Waals surface area (Å²) in [4.78, 5) is 16.2. The topological polar surface area (TPSA) is 65.5 Å². The highest BCUT2D eigenvalue weighted by Gasteiger charge is 2.06. The van der Waals surface area contributed by atoms with E-state index in [1.54, 1.807) is 0 Å². The van der Waals surface area contributed by atoms with Crippen molar-refractivity contribution in [2.45, 2.75) is 32.7 Å². The number of aliphatic imine (C=N–C) groups is 1. The van der Waals surface area contributed by atoms with Crippen molar-refractivity contribution in [2.75, 3.05) is 19.6 Å². The van der Waals surface area contributed by atoms with Gasteiger partial charge in [0, 0.05) is 31.7 Å². The second-order valence-corrected chi connectivity index (χ2v) is 5.17. The molecule has 1 aromatic rings. The summed E-state index contributed by atoms with van der Waals surface area (Å²) >= 11 is 0. The normalized spacial score (nSPS) is 14.0. The van der Waals surface area contributed by atoms with Gasteiger partial charge < -0.3 is 16.0 Å². The lowest BCUT2D eigenvalue weighted by Crippen LogP contribution is -2.40. The van der Waals surface area contributed by atoms with Crippen LogP contribution in [0.4, 0.5) is 0 Å². The number of hydrogen-bond acceptors (Lipinski definition) is 4. The molecule has 0 spiro atoms. The average Bonchev–Trinajstić information content (AvgIpc) is 2.54. The van der Waals surface area contributed by atoms with E-state index in [-0.39, 0.29) is 5.91 Å². The zero-order valence-corrected chi connectivity index (χ0v) is 12.6. The second-order valence-electron chi connectivity index (χ2n) is 5.17. The molecule has 1 amide bonds. The van der Waals surface area contributed by atoms with Crippen LogP contribution in [0, 0.1) is 0 Å². The highest BCUT2D eigenvalue weighted by molar-refractivity contribution is 5.94. The van der Waals surface area contributed by atoms with Crippen LogP contribution in [0.3, 0.4) is 0 Å². The number of hydrogen-bond donors (Lipinski definition) is 3. The number of guanidine groups is 1. The minimum Gasteiger partial charge on any atom is -0.356 e. The first-order valence-electron chi connectivity index (χ1n) is 7.69. The van der Waals surface area contributed by atoms with Gasteiger partial charge in [-0.2, -0.15) is 0 Å². The van der Waals surface area contributed by atoms with Gasteiger partial charge in [0.1, 0.15) is 0 Å². The lowest BCUT2D eigenvalue weighted by molar-refractivity contribution is 0.0953. The van der Waals surface area contributed by atoms with Crippen LogP contribution in [-0.2, 0) is 6.54 Å². The molecule has 0 unspecified atom stereocenters. The fraction of sp³-hybridized carbons (Fsp3) is 0.500. The molecular weight excluding hydrogens is 264 g/mol. The molecule has 21 heavy (non-hydrogen) atoms. The Hall–Kier alpha value is -2.04. The molecule has 0 radical (unpaired) electrons. The molecule has 5 heteroatoms. The molecule has 1 aliphatic rings. The summed E-state index contributed by atoms with van der Waals surface area (Å²) in [5.41, 5.74) is 1.85. The number of nitrogens with zero attached hydrogens (tertiary/aromatic N) is 1. The van der Waals surface area contributed by atoms with Crippen LogP contribution < -0.4 is 16.0 Å². The van der Waals surface area contributed by atoms with Crippen molar-refractivity contribution in [1.82, 2.24) is 16.0 Å². The quantitative estimate of drug-likeness (QED) is 0.697. The monoisotopic (exact) mass is 288 g/mol. The van der Waals surface area contributed by atoms with Gasteiger partial charge in [0.25, 0.3) is 5.91 Å². The van der Waals surface area contributed by atoms with Crippen molar-refractivity contribution in [2.24, 2.45) is 4.99 Å². The molecule has 0 saturated heterocycles. The second kappa shape index (κ2) is 8.29. The van der Waals surface area contributed by atoms with Crippen molar-refractivity contribution in [3.63, 3.8) is 0 Å². The van der Waals surface area contributed by atoms with Gasteiger partial charge in [0.15, 0.2) is 5.96 Å². The minimum atomic E-state index is 0.00119. The van der Waals surface area contributed by atoms with E-state index in [2.05, 4.69) is 27.9 Å². The molecule has 1 aliphatic heterocycles. The number of benzene rings is 1. The average molecular weight is 288 g/mol. The van der Waals surface area contributed by atoms with Crippen molar-refractivity contribution in [1.29, 1.82) is 0 Å². The number of unbranched alkanes of at least 4 members (excludes halogenated alkanes) is 1. The van der Waals surface area contributed by atoms with E-state index >= 15 is 0 Å². The van der Waals surface area contributed by atoms with Gasteiger partial charge in [0.05, 0.1) is 0 Å². The number of amides is 1. The fourth-order valence-corrected chi connectivity index (χ4v) is 2.09. The van der Waals surface area contributed by atoms with E-state index in [4.69, 9.17) is 0 Å². The van der Waals surface area contributed by atoms with Crippen LogP contribution >= 0.6 is 0 Å². The van der Waals surface area contributed by atoms with E-state index in [9.17, 15) is 4.79 Å². The van der Waals surface area contributed by atoms with Crippen LogP contribution in [0.2, 0.25) is 0 Å². The van der Waals surface area contributed by atoms with Gasteiger partial charge in [-0.15, -0.1) is 0 Å². The summed E-state index contributed by atoms with van der Waals surface area (Å²) in [6, 6.07) is 7.69. The van der Waals surface area contributed by atoms with Crippen LogP contribution in [0.1, 0.15) is 42.1 Å². The Kier molecular flexibility index (Phi) is 6.06. The Labute approximate surface area is 126 Å². The van der Waals surface area contributed by atoms with Gasteiger partial charge in [-0.3, -0.25) is 9.79 Å². The standard InChI is InChI=1S/C16H24N4O/c1-2-3-9-17-15(21)14-7-5-13(6-8-14)12-20-16-18-10-4-11-19-16/h5-8H,2-4,9-12H2,1H3,(H,17,21)(H2,18,19,20). The molecule has 3 N–H and O–H groups in total. The lowest BCUT2D eigenvalue weighted by Gasteiger charge is -2.16. The molecule has 2 rings (SSSR count). The van der Waals surface area contributed by atoms with Crippen molar-refractivity contribution in [3.8, 4) is 0 Å². The van der Waals surface area contributed by atoms with Crippen molar-refractivity contribution < 1.29 is 4.79 Å². The zero-order valence-electron chi connectivity index (χ0n) is 12.6. The van der Waals surface area contributed by atoms with Crippen LogP contribution in [0.15, 0.2) is 29.3 Å². The van der Waals surface area contributed by atoms with Gasteiger partial charge in [-0.05, 0) is 30.5 Å².